The molecule has 1 rings (SSSR count). The maximum absolute atomic E-state index is 5.96. The van der Waals surface area contributed by atoms with E-state index in [4.69, 9.17) is 5.73 Å². The van der Waals surface area contributed by atoms with Gasteiger partial charge in [-0.1, -0.05) is 13.8 Å². The SMILES string of the molecule is Cc1cnc(C(N)CC(C)C)s1.Cl. The van der Waals surface area contributed by atoms with Gasteiger partial charge in [0.1, 0.15) is 5.01 Å². The van der Waals surface area contributed by atoms with E-state index in [0.29, 0.717) is 5.92 Å². The van der Waals surface area contributed by atoms with Crippen molar-refractivity contribution in [2.24, 2.45) is 11.7 Å². The summed E-state index contributed by atoms with van der Waals surface area (Å²) in [5, 5.41) is 1.07. The van der Waals surface area contributed by atoms with Gasteiger partial charge in [0.15, 0.2) is 0 Å². The molecular weight excluding hydrogens is 204 g/mol. The molecule has 2 nitrogen and oxygen atoms in total. The van der Waals surface area contributed by atoms with Crippen molar-refractivity contribution in [3.8, 4) is 0 Å². The van der Waals surface area contributed by atoms with Crippen LogP contribution in [0.15, 0.2) is 6.20 Å². The number of aromatic nitrogens is 1. The molecule has 76 valence electrons. The maximum Gasteiger partial charge on any atom is 0.110 e. The van der Waals surface area contributed by atoms with Crippen molar-refractivity contribution >= 4 is 23.7 Å². The molecule has 13 heavy (non-hydrogen) atoms. The second-order valence-corrected chi connectivity index (χ2v) is 4.81. The van der Waals surface area contributed by atoms with Crippen molar-refractivity contribution in [3.63, 3.8) is 0 Å². The Kier molecular flexibility index (Phi) is 5.53. The lowest BCUT2D eigenvalue weighted by atomic mass is 10.1. The van der Waals surface area contributed by atoms with Crippen molar-refractivity contribution in [2.45, 2.75) is 33.2 Å². The fourth-order valence-electron chi connectivity index (χ4n) is 1.15. The van der Waals surface area contributed by atoms with Crippen molar-refractivity contribution in [2.75, 3.05) is 0 Å². The third kappa shape index (κ3) is 4.07. The van der Waals surface area contributed by atoms with Crippen LogP contribution >= 0.6 is 23.7 Å². The molecule has 4 heteroatoms. The molecule has 0 saturated heterocycles. The Bertz CT molecular complexity index is 248. The summed E-state index contributed by atoms with van der Waals surface area (Å²) in [5.74, 6) is 0.643. The summed E-state index contributed by atoms with van der Waals surface area (Å²) < 4.78 is 0. The predicted octanol–water partition coefficient (Wildman–Crippen LogP) is 2.92. The number of nitrogens with zero attached hydrogens (tertiary/aromatic N) is 1. The molecule has 0 aliphatic carbocycles. The largest absolute Gasteiger partial charge is 0.322 e. The summed E-state index contributed by atoms with van der Waals surface area (Å²) in [5.41, 5.74) is 5.96. The number of nitrogens with two attached hydrogens (primary N) is 1. The molecule has 0 aromatic carbocycles. The van der Waals surface area contributed by atoms with E-state index in [1.807, 2.05) is 6.20 Å². The topological polar surface area (TPSA) is 38.9 Å². The Balaban J connectivity index is 0.00000144. The fraction of sp³-hybridized carbons (Fsp3) is 0.667. The second-order valence-electron chi connectivity index (χ2n) is 3.55. The van der Waals surface area contributed by atoms with E-state index >= 15 is 0 Å². The molecule has 0 aliphatic rings. The van der Waals surface area contributed by atoms with Crippen LogP contribution in [0.2, 0.25) is 0 Å². The average molecular weight is 221 g/mol. The monoisotopic (exact) mass is 220 g/mol. The van der Waals surface area contributed by atoms with Gasteiger partial charge in [0.25, 0.3) is 0 Å². The summed E-state index contributed by atoms with van der Waals surface area (Å²) in [6, 6.07) is 0.128. The molecule has 1 atom stereocenters. The van der Waals surface area contributed by atoms with E-state index in [9.17, 15) is 0 Å². The van der Waals surface area contributed by atoms with Gasteiger partial charge in [0.2, 0.25) is 0 Å². The zero-order valence-electron chi connectivity index (χ0n) is 8.28. The highest BCUT2D eigenvalue weighted by Gasteiger charge is 2.10. The van der Waals surface area contributed by atoms with Crippen molar-refractivity contribution in [1.29, 1.82) is 0 Å². The molecule has 1 heterocycles. The van der Waals surface area contributed by atoms with Crippen LogP contribution in [0.1, 0.15) is 36.2 Å². The second kappa shape index (κ2) is 5.58. The minimum atomic E-state index is 0. The number of hydrogen-bond donors (Lipinski definition) is 1. The highest BCUT2D eigenvalue weighted by molar-refractivity contribution is 7.11. The highest BCUT2D eigenvalue weighted by Crippen LogP contribution is 2.22. The molecule has 0 bridgehead atoms. The lowest BCUT2D eigenvalue weighted by Crippen LogP contribution is -2.12. The van der Waals surface area contributed by atoms with Gasteiger partial charge in [0.05, 0.1) is 6.04 Å². The predicted molar refractivity (Wildman–Crippen MR) is 60.5 cm³/mol. The number of thiazole rings is 1. The summed E-state index contributed by atoms with van der Waals surface area (Å²) in [6.07, 6.45) is 2.91. The fourth-order valence-corrected chi connectivity index (χ4v) is 1.94. The molecule has 0 aliphatic heterocycles. The average Bonchev–Trinajstić information content (AvgIpc) is 2.34. The zero-order chi connectivity index (χ0) is 9.14. The normalized spacial score (nSPS) is 12.7. The van der Waals surface area contributed by atoms with E-state index in [-0.39, 0.29) is 18.4 Å². The lowest BCUT2D eigenvalue weighted by molar-refractivity contribution is 0.508. The van der Waals surface area contributed by atoms with Crippen molar-refractivity contribution in [3.05, 3.63) is 16.1 Å². The van der Waals surface area contributed by atoms with Gasteiger partial charge in [-0.25, -0.2) is 4.98 Å². The quantitative estimate of drug-likeness (QED) is 0.851. The van der Waals surface area contributed by atoms with Crippen LogP contribution in [0.25, 0.3) is 0 Å². The summed E-state index contributed by atoms with van der Waals surface area (Å²) in [7, 11) is 0. The van der Waals surface area contributed by atoms with Crippen LogP contribution < -0.4 is 5.73 Å². The first-order valence-corrected chi connectivity index (χ1v) is 5.09. The van der Waals surface area contributed by atoms with Crippen LogP contribution in [0, 0.1) is 12.8 Å². The Morgan fingerprint density at radius 3 is 2.54 bits per heavy atom. The van der Waals surface area contributed by atoms with Crippen LogP contribution in [0.5, 0.6) is 0 Å². The third-order valence-corrected chi connectivity index (χ3v) is 2.73. The van der Waals surface area contributed by atoms with Gasteiger partial charge in [-0.15, -0.1) is 23.7 Å². The molecule has 1 unspecified atom stereocenters. The molecule has 0 fully saturated rings. The van der Waals surface area contributed by atoms with Gasteiger partial charge in [-0.3, -0.25) is 0 Å². The standard InChI is InChI=1S/C9H16N2S.ClH/c1-6(2)4-8(10)9-11-5-7(3)12-9;/h5-6,8H,4,10H2,1-3H3;1H. The van der Waals surface area contributed by atoms with E-state index in [1.165, 1.54) is 4.88 Å². The lowest BCUT2D eigenvalue weighted by Gasteiger charge is -2.10. The summed E-state index contributed by atoms with van der Waals surface area (Å²) in [6.45, 7) is 6.42. The Labute approximate surface area is 90.0 Å². The van der Waals surface area contributed by atoms with E-state index < -0.39 is 0 Å². The van der Waals surface area contributed by atoms with Gasteiger partial charge < -0.3 is 5.73 Å². The maximum atomic E-state index is 5.96. The summed E-state index contributed by atoms with van der Waals surface area (Å²) >= 11 is 1.70. The number of halogens is 1. The van der Waals surface area contributed by atoms with E-state index in [0.717, 1.165) is 11.4 Å². The first kappa shape index (κ1) is 12.9. The van der Waals surface area contributed by atoms with Gasteiger partial charge in [-0.05, 0) is 19.3 Å². The van der Waals surface area contributed by atoms with Gasteiger partial charge in [0, 0.05) is 11.1 Å². The molecule has 1 aromatic rings. The third-order valence-electron chi connectivity index (χ3n) is 1.68. The van der Waals surface area contributed by atoms with Gasteiger partial charge in [-0.2, -0.15) is 0 Å². The zero-order valence-corrected chi connectivity index (χ0v) is 9.91. The minimum absolute atomic E-state index is 0. The first-order chi connectivity index (χ1) is 5.59. The molecule has 0 amide bonds. The van der Waals surface area contributed by atoms with Crippen LogP contribution in [0.4, 0.5) is 0 Å². The molecule has 0 spiro atoms. The molecule has 0 radical (unpaired) electrons. The Morgan fingerprint density at radius 1 is 1.54 bits per heavy atom. The number of rotatable bonds is 3. The van der Waals surface area contributed by atoms with Crippen molar-refractivity contribution < 1.29 is 0 Å². The number of aryl methyl sites for hydroxylation is 1. The molecule has 0 saturated carbocycles. The first-order valence-electron chi connectivity index (χ1n) is 4.27. The molecule has 1 aromatic heterocycles. The van der Waals surface area contributed by atoms with Crippen LogP contribution in [-0.4, -0.2) is 4.98 Å². The Hall–Kier alpha value is -0.120. The minimum Gasteiger partial charge on any atom is -0.322 e. The summed E-state index contributed by atoms with van der Waals surface area (Å²) in [4.78, 5) is 5.50. The molecule has 2 N–H and O–H groups in total. The molecular formula is C9H17ClN2S. The smallest absolute Gasteiger partial charge is 0.110 e. The van der Waals surface area contributed by atoms with Gasteiger partial charge >= 0.3 is 0 Å². The van der Waals surface area contributed by atoms with Crippen molar-refractivity contribution in [1.82, 2.24) is 4.98 Å². The van der Waals surface area contributed by atoms with Crippen LogP contribution in [0.3, 0.4) is 0 Å². The van der Waals surface area contributed by atoms with Crippen LogP contribution in [-0.2, 0) is 0 Å². The van der Waals surface area contributed by atoms with E-state index in [2.05, 4.69) is 25.8 Å². The highest BCUT2D eigenvalue weighted by atomic mass is 35.5. The Morgan fingerprint density at radius 2 is 2.15 bits per heavy atom. The number of hydrogen-bond acceptors (Lipinski definition) is 3. The van der Waals surface area contributed by atoms with E-state index in [1.54, 1.807) is 11.3 Å².